The van der Waals surface area contributed by atoms with Crippen molar-refractivity contribution in [1.29, 1.82) is 0 Å². The van der Waals surface area contributed by atoms with Gasteiger partial charge in [0.1, 0.15) is 31.3 Å². The van der Waals surface area contributed by atoms with Crippen molar-refractivity contribution in [1.82, 2.24) is 15.2 Å². The highest BCUT2D eigenvalue weighted by Crippen LogP contribution is 2.32. The second-order valence-corrected chi connectivity index (χ2v) is 6.02. The number of guanidine groups is 1. The Morgan fingerprint density at radius 1 is 1.17 bits per heavy atom. The Balaban J connectivity index is 0.00000240. The molecule has 4 rings (SSSR count). The lowest BCUT2D eigenvalue weighted by Gasteiger charge is -2.19. The molecule has 0 spiro atoms. The number of nitrogens with one attached hydrogen (secondary N) is 2. The molecule has 0 fully saturated rings. The normalized spacial score (nSPS) is 12.8. The van der Waals surface area contributed by atoms with Crippen LogP contribution in [0.4, 0.5) is 5.69 Å². The average molecular weight is 461 g/mol. The molecule has 4 N–H and O–H groups in total. The highest BCUT2D eigenvalue weighted by Gasteiger charge is 2.12. The number of nitrogens with two attached hydrogens (primary N) is 1. The minimum Gasteiger partial charge on any atom is -0.497 e. The maximum Gasteiger partial charge on any atom is 0.193 e. The van der Waals surface area contributed by atoms with Gasteiger partial charge in [0.25, 0.3) is 0 Å². The highest BCUT2D eigenvalue weighted by molar-refractivity contribution is 8.93. The number of rotatable bonds is 5. The number of H-pyrrole nitrogens is 1. The molecule has 2 aromatic carbocycles. The molecule has 152 valence electrons. The molecule has 0 radical (unpaired) electrons. The monoisotopic (exact) mass is 460 g/mol. The van der Waals surface area contributed by atoms with Crippen molar-refractivity contribution in [2.75, 3.05) is 25.6 Å². The van der Waals surface area contributed by atoms with Crippen molar-refractivity contribution in [3.63, 3.8) is 0 Å². The zero-order chi connectivity index (χ0) is 19.3. The molecule has 1 aromatic heterocycles. The third-order valence-electron chi connectivity index (χ3n) is 4.09. The fourth-order valence-corrected chi connectivity index (χ4v) is 2.70. The van der Waals surface area contributed by atoms with Crippen LogP contribution in [0.5, 0.6) is 17.2 Å². The van der Waals surface area contributed by atoms with Gasteiger partial charge in [-0.1, -0.05) is 0 Å². The second-order valence-electron chi connectivity index (χ2n) is 6.02. The first-order chi connectivity index (χ1) is 13.7. The number of aliphatic imine (C=N–C) groups is 1. The van der Waals surface area contributed by atoms with Crippen LogP contribution in [-0.4, -0.2) is 41.5 Å². The van der Waals surface area contributed by atoms with Crippen LogP contribution < -0.4 is 25.3 Å². The van der Waals surface area contributed by atoms with Gasteiger partial charge in [-0.25, -0.2) is 9.98 Å². The van der Waals surface area contributed by atoms with Crippen LogP contribution in [0.3, 0.4) is 0 Å². The number of hydrogen-bond donors (Lipinski definition) is 3. The van der Waals surface area contributed by atoms with E-state index in [-0.39, 0.29) is 29.5 Å². The van der Waals surface area contributed by atoms with Crippen LogP contribution in [0, 0.1) is 0 Å². The fourth-order valence-electron chi connectivity index (χ4n) is 2.70. The van der Waals surface area contributed by atoms with E-state index in [1.54, 1.807) is 7.11 Å². The number of anilines is 1. The fraction of sp³-hybridized carbons (Fsp3) is 0.211. The molecule has 0 bridgehead atoms. The summed E-state index contributed by atoms with van der Waals surface area (Å²) in [4.78, 5) is 8.73. The largest absolute Gasteiger partial charge is 0.497 e. The van der Waals surface area contributed by atoms with Gasteiger partial charge in [0.15, 0.2) is 23.3 Å². The number of ether oxygens (including phenoxy) is 3. The SMILES string of the molecule is Br.COc1ccc(-c2n[nH]c(CN=C(N)Nc3ccc4c(c3)OCCO4)n2)cc1. The Bertz CT molecular complexity index is 990. The Kier molecular flexibility index (Phi) is 6.55. The molecule has 0 unspecified atom stereocenters. The molecule has 0 saturated heterocycles. The third-order valence-corrected chi connectivity index (χ3v) is 4.09. The van der Waals surface area contributed by atoms with Crippen molar-refractivity contribution in [2.45, 2.75) is 6.54 Å². The van der Waals surface area contributed by atoms with Crippen molar-refractivity contribution < 1.29 is 14.2 Å². The van der Waals surface area contributed by atoms with Gasteiger partial charge >= 0.3 is 0 Å². The number of aromatic nitrogens is 3. The van der Waals surface area contributed by atoms with E-state index in [4.69, 9.17) is 19.9 Å². The second kappa shape index (κ2) is 9.28. The van der Waals surface area contributed by atoms with Crippen LogP contribution in [-0.2, 0) is 6.54 Å². The number of halogens is 1. The molecule has 1 aliphatic rings. The number of fused-ring (bicyclic) bond motifs is 1. The van der Waals surface area contributed by atoms with Crippen molar-refractivity contribution >= 4 is 28.6 Å². The molecule has 0 aliphatic carbocycles. The molecular weight excluding hydrogens is 440 g/mol. The molecule has 1 aliphatic heterocycles. The van der Waals surface area contributed by atoms with Crippen molar-refractivity contribution in [2.24, 2.45) is 10.7 Å². The predicted octanol–water partition coefficient (Wildman–Crippen LogP) is 2.76. The first kappa shape index (κ1) is 20.5. The highest BCUT2D eigenvalue weighted by atomic mass is 79.9. The first-order valence-electron chi connectivity index (χ1n) is 8.73. The first-order valence-corrected chi connectivity index (χ1v) is 8.73. The lowest BCUT2D eigenvalue weighted by molar-refractivity contribution is 0.171. The van der Waals surface area contributed by atoms with E-state index in [2.05, 4.69) is 25.5 Å². The lowest BCUT2D eigenvalue weighted by Crippen LogP contribution is -2.23. The van der Waals surface area contributed by atoms with Crippen LogP contribution in [0.1, 0.15) is 5.82 Å². The Morgan fingerprint density at radius 2 is 1.93 bits per heavy atom. The van der Waals surface area contributed by atoms with Gasteiger partial charge in [-0.15, -0.1) is 17.0 Å². The van der Waals surface area contributed by atoms with Crippen LogP contribution in [0.15, 0.2) is 47.5 Å². The van der Waals surface area contributed by atoms with Crippen LogP contribution in [0.2, 0.25) is 0 Å². The predicted molar refractivity (Wildman–Crippen MR) is 115 cm³/mol. The number of nitrogens with zero attached hydrogens (tertiary/aromatic N) is 3. The molecule has 3 aromatic rings. The molecule has 10 heteroatoms. The Hall–Kier alpha value is -3.27. The summed E-state index contributed by atoms with van der Waals surface area (Å²) in [6.45, 7) is 1.35. The number of methoxy groups -OCH3 is 1. The van der Waals surface area contributed by atoms with Crippen molar-refractivity contribution in [3.8, 4) is 28.6 Å². The lowest BCUT2D eigenvalue weighted by atomic mass is 10.2. The van der Waals surface area contributed by atoms with Crippen molar-refractivity contribution in [3.05, 3.63) is 48.3 Å². The summed E-state index contributed by atoms with van der Waals surface area (Å²) in [5.74, 6) is 3.65. The van der Waals surface area contributed by atoms with E-state index < -0.39 is 0 Å². The molecule has 9 nitrogen and oxygen atoms in total. The number of benzene rings is 2. The number of hydrogen-bond acceptors (Lipinski definition) is 6. The molecule has 0 atom stereocenters. The van der Waals surface area contributed by atoms with Crippen LogP contribution in [0.25, 0.3) is 11.4 Å². The van der Waals surface area contributed by atoms with E-state index in [1.807, 2.05) is 42.5 Å². The zero-order valence-corrected chi connectivity index (χ0v) is 17.4. The minimum absolute atomic E-state index is 0. The topological polar surface area (TPSA) is 120 Å². The van der Waals surface area contributed by atoms with E-state index in [0.717, 1.165) is 22.7 Å². The Morgan fingerprint density at radius 3 is 2.69 bits per heavy atom. The molecular formula is C19H21BrN6O3. The molecule has 0 saturated carbocycles. The summed E-state index contributed by atoms with van der Waals surface area (Å²) in [5.41, 5.74) is 7.62. The standard InChI is InChI=1S/C19H20N6O3.BrH/c1-26-14-5-2-12(3-6-14)18-23-17(24-25-18)11-21-19(20)22-13-4-7-15-16(10-13)28-9-8-27-15;/h2-7,10H,8-9,11H2,1H3,(H3,20,21,22)(H,23,24,25);1H. The summed E-state index contributed by atoms with van der Waals surface area (Å²) in [6.07, 6.45) is 0. The maximum absolute atomic E-state index is 5.97. The van der Waals surface area contributed by atoms with Gasteiger partial charge in [-0.2, -0.15) is 5.10 Å². The minimum atomic E-state index is 0. The van der Waals surface area contributed by atoms with E-state index >= 15 is 0 Å². The van der Waals surface area contributed by atoms with Gasteiger partial charge < -0.3 is 25.3 Å². The quantitative estimate of drug-likeness (QED) is 0.395. The van der Waals surface area contributed by atoms with Gasteiger partial charge in [-0.3, -0.25) is 5.10 Å². The average Bonchev–Trinajstić information content (AvgIpc) is 3.21. The van der Waals surface area contributed by atoms with Gasteiger partial charge in [-0.05, 0) is 36.4 Å². The molecule has 2 heterocycles. The van der Waals surface area contributed by atoms with E-state index in [9.17, 15) is 0 Å². The maximum atomic E-state index is 5.97. The van der Waals surface area contributed by atoms with E-state index in [1.165, 1.54) is 0 Å². The molecule has 29 heavy (non-hydrogen) atoms. The van der Waals surface area contributed by atoms with E-state index in [0.29, 0.717) is 30.6 Å². The number of aromatic amines is 1. The summed E-state index contributed by atoms with van der Waals surface area (Å²) in [6, 6.07) is 13.0. The zero-order valence-electron chi connectivity index (χ0n) is 15.7. The molecule has 0 amide bonds. The third kappa shape index (κ3) is 4.96. The summed E-state index contributed by atoms with van der Waals surface area (Å²) < 4.78 is 16.2. The van der Waals surface area contributed by atoms with Gasteiger partial charge in [0, 0.05) is 17.3 Å². The van der Waals surface area contributed by atoms with Crippen LogP contribution >= 0.6 is 17.0 Å². The Labute approximate surface area is 178 Å². The van der Waals surface area contributed by atoms with Gasteiger partial charge in [0.05, 0.1) is 7.11 Å². The smallest absolute Gasteiger partial charge is 0.193 e. The van der Waals surface area contributed by atoms with Gasteiger partial charge in [0.2, 0.25) is 0 Å². The summed E-state index contributed by atoms with van der Waals surface area (Å²) in [7, 11) is 1.63. The summed E-state index contributed by atoms with van der Waals surface area (Å²) >= 11 is 0. The summed E-state index contributed by atoms with van der Waals surface area (Å²) in [5, 5.41) is 10.1.